The first kappa shape index (κ1) is 16.1. The van der Waals surface area contributed by atoms with Crippen LogP contribution in [-0.4, -0.2) is 21.9 Å². The molecule has 1 unspecified atom stereocenters. The van der Waals surface area contributed by atoms with E-state index in [-0.39, 0.29) is 29.3 Å². The second-order valence-electron chi connectivity index (χ2n) is 5.84. The van der Waals surface area contributed by atoms with Crippen molar-refractivity contribution in [1.29, 1.82) is 0 Å². The maximum atomic E-state index is 13.5. The van der Waals surface area contributed by atoms with Crippen LogP contribution in [0.3, 0.4) is 0 Å². The van der Waals surface area contributed by atoms with Gasteiger partial charge in [-0.15, -0.1) is 0 Å². The molecule has 0 aliphatic heterocycles. The summed E-state index contributed by atoms with van der Waals surface area (Å²) in [7, 11) is -1.37. The molecular formula is C16H22FNO2S. The van der Waals surface area contributed by atoms with Crippen molar-refractivity contribution < 1.29 is 13.4 Å². The molecule has 1 atom stereocenters. The van der Waals surface area contributed by atoms with E-state index >= 15 is 0 Å². The fourth-order valence-corrected chi connectivity index (χ4v) is 3.72. The third kappa shape index (κ3) is 5.23. The minimum Gasteiger partial charge on any atom is -0.353 e. The molecule has 0 saturated heterocycles. The van der Waals surface area contributed by atoms with Crippen molar-refractivity contribution in [3.05, 3.63) is 35.6 Å². The summed E-state index contributed by atoms with van der Waals surface area (Å²) in [6.45, 7) is 2.22. The molecule has 2 rings (SSSR count). The molecular weight excluding hydrogens is 289 g/mol. The highest BCUT2D eigenvalue weighted by Gasteiger charge is 2.20. The van der Waals surface area contributed by atoms with Gasteiger partial charge in [0.05, 0.1) is 5.75 Å². The second kappa shape index (κ2) is 7.69. The van der Waals surface area contributed by atoms with E-state index in [2.05, 4.69) is 12.2 Å². The lowest BCUT2D eigenvalue weighted by Gasteiger charge is -2.26. The molecule has 21 heavy (non-hydrogen) atoms. The molecule has 1 aromatic rings. The normalized spacial score (nSPS) is 23.5. The number of hydrogen-bond donors (Lipinski definition) is 1. The topological polar surface area (TPSA) is 46.2 Å². The first-order valence-corrected chi connectivity index (χ1v) is 8.91. The lowest BCUT2D eigenvalue weighted by atomic mass is 9.87. The Morgan fingerprint density at radius 2 is 1.95 bits per heavy atom. The zero-order chi connectivity index (χ0) is 15.2. The van der Waals surface area contributed by atoms with Crippen LogP contribution in [-0.2, 0) is 21.3 Å². The Balaban J connectivity index is 1.77. The van der Waals surface area contributed by atoms with E-state index in [1.54, 1.807) is 18.2 Å². The number of hydrogen-bond acceptors (Lipinski definition) is 2. The predicted octanol–water partition coefficient (Wildman–Crippen LogP) is 2.77. The summed E-state index contributed by atoms with van der Waals surface area (Å²) < 4.78 is 25.4. The molecule has 3 nitrogen and oxygen atoms in total. The molecule has 1 aromatic carbocycles. The summed E-state index contributed by atoms with van der Waals surface area (Å²) in [6, 6.07) is 6.46. The number of nitrogens with one attached hydrogen (secondary N) is 1. The molecule has 0 radical (unpaired) electrons. The van der Waals surface area contributed by atoms with Crippen molar-refractivity contribution in [3.63, 3.8) is 0 Å². The molecule has 0 bridgehead atoms. The number of benzene rings is 1. The van der Waals surface area contributed by atoms with E-state index in [0.29, 0.717) is 5.56 Å². The van der Waals surface area contributed by atoms with Crippen molar-refractivity contribution in [1.82, 2.24) is 5.32 Å². The maximum Gasteiger partial charge on any atom is 0.232 e. The molecule has 1 N–H and O–H groups in total. The molecule has 0 heterocycles. The van der Waals surface area contributed by atoms with E-state index in [1.807, 2.05) is 0 Å². The van der Waals surface area contributed by atoms with Crippen LogP contribution in [0.2, 0.25) is 0 Å². The summed E-state index contributed by atoms with van der Waals surface area (Å²) in [5.74, 6) is 0.201. The van der Waals surface area contributed by atoms with Crippen LogP contribution in [0.5, 0.6) is 0 Å². The highest BCUT2D eigenvalue weighted by atomic mass is 32.2. The highest BCUT2D eigenvalue weighted by Crippen LogP contribution is 2.23. The summed E-state index contributed by atoms with van der Waals surface area (Å²) in [5, 5.41) is 2.94. The number of rotatable bonds is 5. The Bertz CT molecular complexity index is 513. The SMILES string of the molecule is CC1CCC(NC(=O)CS(=O)Cc2ccccc2F)CC1. The van der Waals surface area contributed by atoms with E-state index in [9.17, 15) is 13.4 Å². The highest BCUT2D eigenvalue weighted by molar-refractivity contribution is 7.84. The third-order valence-corrected chi connectivity index (χ3v) is 5.16. The van der Waals surface area contributed by atoms with E-state index in [0.717, 1.165) is 31.6 Å². The first-order valence-electron chi connectivity index (χ1n) is 7.42. The van der Waals surface area contributed by atoms with Crippen molar-refractivity contribution >= 4 is 16.7 Å². The van der Waals surface area contributed by atoms with Crippen LogP contribution in [0.1, 0.15) is 38.2 Å². The van der Waals surface area contributed by atoms with Crippen molar-refractivity contribution in [3.8, 4) is 0 Å². The smallest absolute Gasteiger partial charge is 0.232 e. The standard InChI is InChI=1S/C16H22FNO2S/c1-12-6-8-14(9-7-12)18-16(19)11-21(20)10-13-4-2-3-5-15(13)17/h2-5,12,14H,6-11H2,1H3,(H,18,19). The maximum absolute atomic E-state index is 13.5. The lowest BCUT2D eigenvalue weighted by Crippen LogP contribution is -2.39. The lowest BCUT2D eigenvalue weighted by molar-refractivity contribution is -0.119. The van der Waals surface area contributed by atoms with Crippen LogP contribution in [0.25, 0.3) is 0 Å². The van der Waals surface area contributed by atoms with Gasteiger partial charge in [0.15, 0.2) is 0 Å². The van der Waals surface area contributed by atoms with Crippen molar-refractivity contribution in [2.45, 2.75) is 44.4 Å². The fraction of sp³-hybridized carbons (Fsp3) is 0.562. The van der Waals surface area contributed by atoms with E-state index < -0.39 is 10.8 Å². The summed E-state index contributed by atoms with van der Waals surface area (Å²) in [4.78, 5) is 11.9. The van der Waals surface area contributed by atoms with Crippen molar-refractivity contribution in [2.24, 2.45) is 5.92 Å². The fourth-order valence-electron chi connectivity index (χ4n) is 2.66. The van der Waals surface area contributed by atoms with Gasteiger partial charge >= 0.3 is 0 Å². The van der Waals surface area contributed by atoms with Gasteiger partial charge < -0.3 is 5.32 Å². The molecule has 1 amide bonds. The largest absolute Gasteiger partial charge is 0.353 e. The molecule has 1 aliphatic carbocycles. The molecule has 0 aromatic heterocycles. The minimum atomic E-state index is -1.37. The molecule has 0 spiro atoms. The quantitative estimate of drug-likeness (QED) is 0.909. The van der Waals surface area contributed by atoms with Gasteiger partial charge in [0.25, 0.3) is 0 Å². The number of amides is 1. The molecule has 116 valence electrons. The van der Waals surface area contributed by atoms with Crippen LogP contribution in [0.4, 0.5) is 4.39 Å². The molecule has 1 aliphatic rings. The van der Waals surface area contributed by atoms with Crippen LogP contribution in [0.15, 0.2) is 24.3 Å². The van der Waals surface area contributed by atoms with Gasteiger partial charge in [-0.05, 0) is 37.7 Å². The van der Waals surface area contributed by atoms with Gasteiger partial charge in [0.2, 0.25) is 5.91 Å². The first-order chi connectivity index (χ1) is 10.0. The number of halogens is 1. The third-order valence-electron chi connectivity index (χ3n) is 3.95. The Kier molecular flexibility index (Phi) is 5.91. The Morgan fingerprint density at radius 1 is 1.29 bits per heavy atom. The molecule has 1 fully saturated rings. The minimum absolute atomic E-state index is 0.0552. The number of carbonyl (C=O) groups excluding carboxylic acids is 1. The van der Waals surface area contributed by atoms with Gasteiger partial charge in [-0.1, -0.05) is 25.1 Å². The van der Waals surface area contributed by atoms with Gasteiger partial charge in [-0.3, -0.25) is 9.00 Å². The van der Waals surface area contributed by atoms with Gasteiger partial charge in [-0.25, -0.2) is 4.39 Å². The monoisotopic (exact) mass is 311 g/mol. The second-order valence-corrected chi connectivity index (χ2v) is 7.30. The number of carbonyl (C=O) groups is 1. The average Bonchev–Trinajstić information content (AvgIpc) is 2.44. The summed E-state index contributed by atoms with van der Waals surface area (Å²) in [6.07, 6.45) is 4.24. The van der Waals surface area contributed by atoms with E-state index in [1.165, 1.54) is 6.07 Å². The summed E-state index contributed by atoms with van der Waals surface area (Å²) in [5.41, 5.74) is 0.398. The Hall–Kier alpha value is -1.23. The zero-order valence-corrected chi connectivity index (χ0v) is 13.1. The van der Waals surface area contributed by atoms with Gasteiger partial charge in [-0.2, -0.15) is 0 Å². The molecule has 1 saturated carbocycles. The van der Waals surface area contributed by atoms with Crippen LogP contribution in [0, 0.1) is 11.7 Å². The predicted molar refractivity (Wildman–Crippen MR) is 82.7 cm³/mol. The van der Waals surface area contributed by atoms with Gasteiger partial charge in [0.1, 0.15) is 11.6 Å². The van der Waals surface area contributed by atoms with Gasteiger partial charge in [0, 0.05) is 22.4 Å². The average molecular weight is 311 g/mol. The van der Waals surface area contributed by atoms with Crippen LogP contribution >= 0.6 is 0 Å². The van der Waals surface area contributed by atoms with Crippen molar-refractivity contribution in [2.75, 3.05) is 5.75 Å². The van der Waals surface area contributed by atoms with Crippen LogP contribution < -0.4 is 5.32 Å². The Morgan fingerprint density at radius 3 is 2.62 bits per heavy atom. The Labute approximate surface area is 127 Å². The summed E-state index contributed by atoms with van der Waals surface area (Å²) >= 11 is 0. The van der Waals surface area contributed by atoms with E-state index in [4.69, 9.17) is 0 Å². The zero-order valence-electron chi connectivity index (χ0n) is 12.3. The molecule has 5 heteroatoms.